The van der Waals surface area contributed by atoms with Crippen LogP contribution in [0.4, 0.5) is 5.82 Å². The molecule has 0 aromatic carbocycles. The lowest BCUT2D eigenvalue weighted by Gasteiger charge is -2.28. The molecule has 0 aliphatic carbocycles. The Labute approximate surface area is 161 Å². The van der Waals surface area contributed by atoms with Crippen molar-refractivity contribution >= 4 is 52.1 Å². The zero-order valence-corrected chi connectivity index (χ0v) is 15.7. The second kappa shape index (κ2) is 8.61. The highest BCUT2D eigenvalue weighted by atomic mass is 32.2. The molecule has 3 rings (SSSR count). The number of ether oxygens (including phenoxy) is 1. The summed E-state index contributed by atoms with van der Waals surface area (Å²) in [6.45, 7) is 3.14. The number of hydrogen-bond donors (Lipinski definition) is 1. The van der Waals surface area contributed by atoms with E-state index in [-0.39, 0.29) is 12.3 Å². The number of carbonyl (C=O) groups is 2. The normalized spacial score (nSPS) is 19.5. The quantitative estimate of drug-likeness (QED) is 0.580. The average molecular weight is 393 g/mol. The molecule has 1 N–H and O–H groups in total. The first-order chi connectivity index (χ1) is 12.6. The van der Waals surface area contributed by atoms with Gasteiger partial charge in [-0.1, -0.05) is 24.0 Å². The molecule has 0 radical (unpaired) electrons. The van der Waals surface area contributed by atoms with Crippen molar-refractivity contribution in [3.05, 3.63) is 28.8 Å². The van der Waals surface area contributed by atoms with E-state index in [4.69, 9.17) is 22.1 Å². The molecule has 0 saturated carbocycles. The van der Waals surface area contributed by atoms with Gasteiger partial charge in [0.05, 0.1) is 18.1 Å². The van der Waals surface area contributed by atoms with E-state index in [2.05, 4.69) is 9.88 Å². The molecule has 1 aromatic rings. The van der Waals surface area contributed by atoms with Crippen LogP contribution in [0.15, 0.2) is 23.2 Å². The van der Waals surface area contributed by atoms with Crippen molar-refractivity contribution in [2.24, 2.45) is 0 Å². The van der Waals surface area contributed by atoms with Crippen LogP contribution in [0.1, 0.15) is 18.4 Å². The minimum Gasteiger partial charge on any atom is -0.481 e. The fourth-order valence-electron chi connectivity index (χ4n) is 2.78. The molecule has 3 heterocycles. The van der Waals surface area contributed by atoms with Crippen molar-refractivity contribution in [2.45, 2.75) is 12.8 Å². The number of aromatic nitrogens is 1. The van der Waals surface area contributed by atoms with Crippen LogP contribution in [0.5, 0.6) is 0 Å². The highest BCUT2D eigenvalue weighted by molar-refractivity contribution is 8.26. The first-order valence-corrected chi connectivity index (χ1v) is 9.53. The third-order valence-corrected chi connectivity index (χ3v) is 5.44. The summed E-state index contributed by atoms with van der Waals surface area (Å²) in [5.41, 5.74) is 0.862. The molecule has 0 spiro atoms. The van der Waals surface area contributed by atoms with Crippen LogP contribution in [-0.4, -0.2) is 64.0 Å². The molecule has 7 nitrogen and oxygen atoms in total. The number of rotatable bonds is 6. The first-order valence-electron chi connectivity index (χ1n) is 8.31. The van der Waals surface area contributed by atoms with E-state index in [0.717, 1.165) is 24.5 Å². The lowest BCUT2D eigenvalue weighted by molar-refractivity contribution is -0.137. The number of anilines is 1. The summed E-state index contributed by atoms with van der Waals surface area (Å²) in [6, 6.07) is 3.76. The molecule has 26 heavy (non-hydrogen) atoms. The van der Waals surface area contributed by atoms with E-state index >= 15 is 0 Å². The summed E-state index contributed by atoms with van der Waals surface area (Å²) in [7, 11) is 0. The molecule has 2 aliphatic heterocycles. The fourth-order valence-corrected chi connectivity index (χ4v) is 4.08. The molecule has 2 aliphatic rings. The van der Waals surface area contributed by atoms with Gasteiger partial charge in [-0.2, -0.15) is 0 Å². The summed E-state index contributed by atoms with van der Waals surface area (Å²) in [4.78, 5) is 31.9. The van der Waals surface area contributed by atoms with E-state index in [0.29, 0.717) is 35.4 Å². The van der Waals surface area contributed by atoms with Crippen molar-refractivity contribution in [3.63, 3.8) is 0 Å². The van der Waals surface area contributed by atoms with Crippen LogP contribution in [-0.2, 0) is 14.3 Å². The number of pyridine rings is 1. The second-order valence-electron chi connectivity index (χ2n) is 5.85. The van der Waals surface area contributed by atoms with E-state index in [9.17, 15) is 9.59 Å². The standard InChI is InChI=1S/C17H19N3O4S2/c21-14(22)4-2-6-20-16(23)13(26-17(20)25)11-12-3-1-5-18-15(12)19-7-9-24-10-8-19/h1,3,5,11H,2,4,6-10H2,(H,21,22)/b13-11-. The number of nitrogens with zero attached hydrogens (tertiary/aromatic N) is 3. The highest BCUT2D eigenvalue weighted by Gasteiger charge is 2.32. The van der Waals surface area contributed by atoms with E-state index in [1.54, 1.807) is 6.20 Å². The van der Waals surface area contributed by atoms with Crippen molar-refractivity contribution in [2.75, 3.05) is 37.7 Å². The third kappa shape index (κ3) is 4.40. The van der Waals surface area contributed by atoms with Gasteiger partial charge in [0.1, 0.15) is 10.1 Å². The third-order valence-electron chi connectivity index (χ3n) is 4.06. The number of thiocarbonyl (C=S) groups is 1. The molecule has 2 fully saturated rings. The SMILES string of the molecule is O=C(O)CCCN1C(=O)/C(=C/c2cccnc2N2CCOCC2)SC1=S. The van der Waals surface area contributed by atoms with Crippen molar-refractivity contribution in [1.29, 1.82) is 0 Å². The Morgan fingerprint density at radius 1 is 1.42 bits per heavy atom. The van der Waals surface area contributed by atoms with Crippen molar-refractivity contribution in [3.8, 4) is 0 Å². The zero-order valence-electron chi connectivity index (χ0n) is 14.1. The number of aliphatic carboxylic acids is 1. The number of hydrogen-bond acceptors (Lipinski definition) is 7. The minimum atomic E-state index is -0.878. The van der Waals surface area contributed by atoms with Gasteiger partial charge < -0.3 is 14.7 Å². The van der Waals surface area contributed by atoms with E-state index < -0.39 is 5.97 Å². The largest absolute Gasteiger partial charge is 0.481 e. The Hall–Kier alpha value is -1.97. The molecule has 0 unspecified atom stereocenters. The molecular weight excluding hydrogens is 374 g/mol. The number of carbonyl (C=O) groups excluding carboxylic acids is 1. The average Bonchev–Trinajstić information content (AvgIpc) is 2.90. The maximum Gasteiger partial charge on any atom is 0.303 e. The maximum absolute atomic E-state index is 12.6. The summed E-state index contributed by atoms with van der Waals surface area (Å²) >= 11 is 6.53. The number of morpholine rings is 1. The lowest BCUT2D eigenvalue weighted by atomic mass is 10.2. The summed E-state index contributed by atoms with van der Waals surface area (Å²) in [5, 5.41) is 8.75. The van der Waals surface area contributed by atoms with Gasteiger partial charge in [-0.3, -0.25) is 14.5 Å². The van der Waals surface area contributed by atoms with Crippen LogP contribution in [0.25, 0.3) is 6.08 Å². The summed E-state index contributed by atoms with van der Waals surface area (Å²) in [6.07, 6.45) is 3.94. The van der Waals surface area contributed by atoms with Crippen LogP contribution in [0.3, 0.4) is 0 Å². The molecule has 138 valence electrons. The van der Waals surface area contributed by atoms with E-state index in [1.807, 2.05) is 18.2 Å². The Morgan fingerprint density at radius 3 is 2.92 bits per heavy atom. The Balaban J connectivity index is 1.77. The van der Waals surface area contributed by atoms with Crippen molar-refractivity contribution < 1.29 is 19.4 Å². The molecule has 0 atom stereocenters. The number of amides is 1. The molecule has 1 amide bonds. The van der Waals surface area contributed by atoms with Gasteiger partial charge in [0.15, 0.2) is 0 Å². The van der Waals surface area contributed by atoms with Crippen LogP contribution < -0.4 is 4.90 Å². The molecule has 2 saturated heterocycles. The smallest absolute Gasteiger partial charge is 0.303 e. The Bertz CT molecular complexity index is 747. The number of carboxylic acid groups (broad SMARTS) is 1. The predicted molar refractivity (Wildman–Crippen MR) is 104 cm³/mol. The van der Waals surface area contributed by atoms with Gasteiger partial charge in [-0.25, -0.2) is 4.98 Å². The summed E-state index contributed by atoms with van der Waals surface area (Å²) in [5.74, 6) is -0.231. The Morgan fingerprint density at radius 2 is 2.19 bits per heavy atom. The second-order valence-corrected chi connectivity index (χ2v) is 7.52. The van der Waals surface area contributed by atoms with Gasteiger partial charge in [0.2, 0.25) is 0 Å². The van der Waals surface area contributed by atoms with Crippen LogP contribution >= 0.6 is 24.0 Å². The van der Waals surface area contributed by atoms with Gasteiger partial charge >= 0.3 is 5.97 Å². The molecule has 9 heteroatoms. The van der Waals surface area contributed by atoms with Crippen LogP contribution in [0, 0.1) is 0 Å². The van der Waals surface area contributed by atoms with Gasteiger partial charge in [0, 0.05) is 37.8 Å². The maximum atomic E-state index is 12.6. The first kappa shape index (κ1) is 18.8. The van der Waals surface area contributed by atoms with E-state index in [1.165, 1.54) is 16.7 Å². The zero-order chi connectivity index (χ0) is 18.5. The number of carboxylic acids is 1. The monoisotopic (exact) mass is 393 g/mol. The molecule has 0 bridgehead atoms. The van der Waals surface area contributed by atoms with Gasteiger partial charge in [-0.15, -0.1) is 0 Å². The van der Waals surface area contributed by atoms with Gasteiger partial charge in [0.25, 0.3) is 5.91 Å². The van der Waals surface area contributed by atoms with Crippen molar-refractivity contribution in [1.82, 2.24) is 9.88 Å². The lowest BCUT2D eigenvalue weighted by Crippen LogP contribution is -2.37. The fraction of sp³-hybridized carbons (Fsp3) is 0.412. The summed E-state index contributed by atoms with van der Waals surface area (Å²) < 4.78 is 5.85. The number of thioether (sulfide) groups is 1. The molecule has 1 aromatic heterocycles. The highest BCUT2D eigenvalue weighted by Crippen LogP contribution is 2.34. The topological polar surface area (TPSA) is 83.0 Å². The molecular formula is C17H19N3O4S2. The minimum absolute atomic E-state index is 0.0138. The predicted octanol–water partition coefficient (Wildman–Crippen LogP) is 1.98. The van der Waals surface area contributed by atoms with Gasteiger partial charge in [-0.05, 0) is 24.6 Å². The van der Waals surface area contributed by atoms with Crippen LogP contribution in [0.2, 0.25) is 0 Å². The Kier molecular flexibility index (Phi) is 6.23.